The molecule has 0 spiro atoms. The van der Waals surface area contributed by atoms with Crippen molar-refractivity contribution in [2.45, 2.75) is 47.0 Å². The fourth-order valence-electron chi connectivity index (χ4n) is 5.45. The molecule has 0 radical (unpaired) electrons. The minimum atomic E-state index is -0.276. The van der Waals surface area contributed by atoms with Gasteiger partial charge in [0.05, 0.1) is 34.1 Å². The van der Waals surface area contributed by atoms with Crippen LogP contribution in [0.4, 0.5) is 0 Å². The standard InChI is InChI=1S/C33H35Cl2N3O3S/c1-5-41-24-12-13-27(35)30(16-24)38-29(15-20(2)3)25(32(39)37-14-6-7-21(4)18-37)17-26(33(38)40)31-36-28(19-42-31)22-8-10-23(34)11-9-22/h8-13,16-17,19-21H,5-7,14-15,18H2,1-4H3/t21-/m0/s1. The third kappa shape index (κ3) is 6.43. The second kappa shape index (κ2) is 13.0. The maximum Gasteiger partial charge on any atom is 0.265 e. The number of aromatic nitrogens is 2. The number of carbonyl (C=O) groups is 1. The lowest BCUT2D eigenvalue weighted by atomic mass is 9.96. The number of rotatable bonds is 8. The van der Waals surface area contributed by atoms with E-state index in [0.717, 1.165) is 24.1 Å². The molecular formula is C33H35Cl2N3O3S. The van der Waals surface area contributed by atoms with Crippen molar-refractivity contribution >= 4 is 40.4 Å². The minimum absolute atomic E-state index is 0.0706. The van der Waals surface area contributed by atoms with E-state index >= 15 is 0 Å². The number of thiazole rings is 1. The van der Waals surface area contributed by atoms with Crippen LogP contribution >= 0.6 is 34.5 Å². The molecule has 0 saturated carbocycles. The maximum atomic E-state index is 14.5. The first kappa shape index (κ1) is 30.3. The third-order valence-electron chi connectivity index (χ3n) is 7.42. The third-order valence-corrected chi connectivity index (χ3v) is 8.87. The molecule has 2 aromatic carbocycles. The van der Waals surface area contributed by atoms with Gasteiger partial charge in [-0.1, -0.05) is 56.1 Å². The van der Waals surface area contributed by atoms with Crippen LogP contribution in [0, 0.1) is 11.8 Å². The molecule has 0 aliphatic carbocycles. The largest absolute Gasteiger partial charge is 0.494 e. The van der Waals surface area contributed by atoms with Crippen molar-refractivity contribution in [3.63, 3.8) is 0 Å². The Morgan fingerprint density at radius 1 is 1.14 bits per heavy atom. The Morgan fingerprint density at radius 3 is 2.60 bits per heavy atom. The van der Waals surface area contributed by atoms with Crippen LogP contribution in [0.5, 0.6) is 5.75 Å². The number of piperidine rings is 1. The van der Waals surface area contributed by atoms with Gasteiger partial charge in [0.15, 0.2) is 0 Å². The summed E-state index contributed by atoms with van der Waals surface area (Å²) in [6.07, 6.45) is 2.57. The smallest absolute Gasteiger partial charge is 0.265 e. The second-order valence-electron chi connectivity index (χ2n) is 11.2. The Labute approximate surface area is 260 Å². The zero-order valence-corrected chi connectivity index (χ0v) is 26.7. The van der Waals surface area contributed by atoms with Crippen molar-refractivity contribution in [1.82, 2.24) is 14.5 Å². The van der Waals surface area contributed by atoms with Gasteiger partial charge in [-0.3, -0.25) is 14.2 Å². The number of amides is 1. The molecule has 0 N–H and O–H groups in total. The highest BCUT2D eigenvalue weighted by atomic mass is 35.5. The molecule has 6 nitrogen and oxygen atoms in total. The van der Waals surface area contributed by atoms with Gasteiger partial charge in [0.1, 0.15) is 10.8 Å². The molecule has 1 aliphatic heterocycles. The summed E-state index contributed by atoms with van der Waals surface area (Å²) in [6, 6.07) is 14.5. The predicted octanol–water partition coefficient (Wildman–Crippen LogP) is 8.40. The highest BCUT2D eigenvalue weighted by molar-refractivity contribution is 7.13. The molecule has 220 valence electrons. The quantitative estimate of drug-likeness (QED) is 0.198. The SMILES string of the molecule is CCOc1ccc(Cl)c(-n2c(CC(C)C)c(C(=O)N3CCC[C@H](C)C3)cc(-c3nc(-c4ccc(Cl)cc4)cs3)c2=O)c1. The Hall–Kier alpha value is -3.13. The highest BCUT2D eigenvalue weighted by Crippen LogP contribution is 2.33. The molecule has 3 heterocycles. The molecule has 1 amide bonds. The summed E-state index contributed by atoms with van der Waals surface area (Å²) < 4.78 is 7.39. The number of likely N-dealkylation sites (tertiary alicyclic amines) is 1. The van der Waals surface area contributed by atoms with Gasteiger partial charge in [-0.15, -0.1) is 11.3 Å². The average molecular weight is 625 g/mol. The zero-order chi connectivity index (χ0) is 30.0. The summed E-state index contributed by atoms with van der Waals surface area (Å²) in [5.74, 6) is 1.12. The van der Waals surface area contributed by atoms with E-state index in [-0.39, 0.29) is 17.4 Å². The van der Waals surface area contributed by atoms with E-state index in [1.54, 1.807) is 28.8 Å². The van der Waals surface area contributed by atoms with E-state index < -0.39 is 0 Å². The van der Waals surface area contributed by atoms with Gasteiger partial charge >= 0.3 is 0 Å². The molecule has 9 heteroatoms. The molecule has 2 aromatic heterocycles. The normalized spacial score (nSPS) is 15.3. The Bertz CT molecular complexity index is 1650. The zero-order valence-electron chi connectivity index (χ0n) is 24.3. The Kier molecular flexibility index (Phi) is 9.41. The average Bonchev–Trinajstić information content (AvgIpc) is 3.45. The van der Waals surface area contributed by atoms with E-state index in [4.69, 9.17) is 32.9 Å². The summed E-state index contributed by atoms with van der Waals surface area (Å²) in [5, 5.41) is 3.49. The number of carbonyl (C=O) groups excluding carboxylic acids is 1. The van der Waals surface area contributed by atoms with Gasteiger partial charge in [0.2, 0.25) is 0 Å². The van der Waals surface area contributed by atoms with Crippen LogP contribution in [-0.4, -0.2) is 40.1 Å². The van der Waals surface area contributed by atoms with E-state index in [2.05, 4.69) is 20.8 Å². The number of nitrogens with zero attached hydrogens (tertiary/aromatic N) is 3. The van der Waals surface area contributed by atoms with Gasteiger partial charge in [0.25, 0.3) is 11.5 Å². The van der Waals surface area contributed by atoms with Crippen molar-refractivity contribution in [3.8, 4) is 33.3 Å². The second-order valence-corrected chi connectivity index (χ2v) is 12.9. The molecule has 0 unspecified atom stereocenters. The maximum absolute atomic E-state index is 14.5. The van der Waals surface area contributed by atoms with Crippen molar-refractivity contribution < 1.29 is 9.53 Å². The van der Waals surface area contributed by atoms with Crippen LogP contribution in [-0.2, 0) is 6.42 Å². The first-order valence-corrected chi connectivity index (χ1v) is 16.0. The molecule has 1 atom stereocenters. The van der Waals surface area contributed by atoms with Gasteiger partial charge in [-0.05, 0) is 68.4 Å². The van der Waals surface area contributed by atoms with E-state index in [0.29, 0.717) is 75.3 Å². The van der Waals surface area contributed by atoms with Gasteiger partial charge < -0.3 is 9.64 Å². The van der Waals surface area contributed by atoms with Crippen LogP contribution in [0.25, 0.3) is 27.5 Å². The van der Waals surface area contributed by atoms with Gasteiger partial charge in [-0.2, -0.15) is 0 Å². The van der Waals surface area contributed by atoms with E-state index in [1.807, 2.05) is 41.5 Å². The van der Waals surface area contributed by atoms with Crippen LogP contribution < -0.4 is 10.3 Å². The number of pyridine rings is 1. The molecule has 42 heavy (non-hydrogen) atoms. The molecule has 4 aromatic rings. The highest BCUT2D eigenvalue weighted by Gasteiger charge is 2.29. The predicted molar refractivity (Wildman–Crippen MR) is 173 cm³/mol. The summed E-state index contributed by atoms with van der Waals surface area (Å²) in [6.45, 7) is 10.1. The molecular weight excluding hydrogens is 589 g/mol. The fourth-order valence-corrected chi connectivity index (χ4v) is 6.61. The van der Waals surface area contributed by atoms with Crippen LogP contribution in [0.1, 0.15) is 56.6 Å². The molecule has 1 saturated heterocycles. The van der Waals surface area contributed by atoms with Crippen molar-refractivity contribution in [3.05, 3.63) is 85.6 Å². The number of benzene rings is 2. The summed E-state index contributed by atoms with van der Waals surface area (Å²) in [7, 11) is 0. The van der Waals surface area contributed by atoms with E-state index in [9.17, 15) is 9.59 Å². The van der Waals surface area contributed by atoms with Crippen molar-refractivity contribution in [2.24, 2.45) is 11.8 Å². The number of hydrogen-bond donors (Lipinski definition) is 0. The van der Waals surface area contributed by atoms with Gasteiger partial charge in [0, 0.05) is 40.8 Å². The fraction of sp³-hybridized carbons (Fsp3) is 0.364. The Morgan fingerprint density at radius 2 is 1.90 bits per heavy atom. The van der Waals surface area contributed by atoms with Crippen molar-refractivity contribution in [2.75, 3.05) is 19.7 Å². The summed E-state index contributed by atoms with van der Waals surface area (Å²) in [5.41, 5.74) is 3.35. The number of hydrogen-bond acceptors (Lipinski definition) is 5. The van der Waals surface area contributed by atoms with E-state index in [1.165, 1.54) is 11.3 Å². The van der Waals surface area contributed by atoms with Crippen LogP contribution in [0.3, 0.4) is 0 Å². The van der Waals surface area contributed by atoms with Crippen molar-refractivity contribution in [1.29, 1.82) is 0 Å². The summed E-state index contributed by atoms with van der Waals surface area (Å²) >= 11 is 14.2. The molecule has 1 aliphatic rings. The molecule has 5 rings (SSSR count). The first-order valence-electron chi connectivity index (χ1n) is 14.4. The topological polar surface area (TPSA) is 64.4 Å². The Balaban J connectivity index is 1.76. The monoisotopic (exact) mass is 623 g/mol. The van der Waals surface area contributed by atoms with Crippen LogP contribution in [0.15, 0.2) is 58.7 Å². The minimum Gasteiger partial charge on any atom is -0.494 e. The van der Waals surface area contributed by atoms with Crippen LogP contribution in [0.2, 0.25) is 10.0 Å². The molecule has 1 fully saturated rings. The lowest BCUT2D eigenvalue weighted by Gasteiger charge is -2.32. The van der Waals surface area contributed by atoms with Gasteiger partial charge in [-0.25, -0.2) is 4.98 Å². The summed E-state index contributed by atoms with van der Waals surface area (Å²) in [4.78, 5) is 35.5. The lowest BCUT2D eigenvalue weighted by Crippen LogP contribution is -2.40. The lowest BCUT2D eigenvalue weighted by molar-refractivity contribution is 0.0681. The number of halogens is 2. The first-order chi connectivity index (χ1) is 20.2. The number of ether oxygens (including phenoxy) is 1. The molecule has 0 bridgehead atoms.